The van der Waals surface area contributed by atoms with E-state index in [0.29, 0.717) is 5.56 Å². The Morgan fingerprint density at radius 1 is 1.14 bits per heavy atom. The number of esters is 1. The Morgan fingerprint density at radius 2 is 2.00 bits per heavy atom. The summed E-state index contributed by atoms with van der Waals surface area (Å²) in [6.45, 7) is 0.790. The molecule has 4 rings (SSSR count). The van der Waals surface area contributed by atoms with Crippen molar-refractivity contribution in [3.05, 3.63) is 65.7 Å². The standard InChI is InChI=1S/C19H15NO2/c1-22-19(21)15-9-8-14-11-18-16-7-3-2-5-13(16)6-4-10-20(18)17(14)12-15/h2-9,11-12H,10H2,1H3. The molecule has 0 aliphatic carbocycles. The number of aromatic nitrogens is 1. The van der Waals surface area contributed by atoms with Crippen LogP contribution in [-0.2, 0) is 11.3 Å². The zero-order valence-electron chi connectivity index (χ0n) is 12.2. The van der Waals surface area contributed by atoms with Gasteiger partial charge in [-0.3, -0.25) is 0 Å². The number of carbonyl (C=O) groups is 1. The average Bonchev–Trinajstić information content (AvgIpc) is 2.82. The Labute approximate surface area is 128 Å². The van der Waals surface area contributed by atoms with Crippen molar-refractivity contribution in [3.63, 3.8) is 0 Å². The van der Waals surface area contributed by atoms with Gasteiger partial charge >= 0.3 is 5.97 Å². The topological polar surface area (TPSA) is 31.2 Å². The molecule has 0 saturated heterocycles. The van der Waals surface area contributed by atoms with Crippen LogP contribution < -0.4 is 0 Å². The molecule has 0 bridgehead atoms. The van der Waals surface area contributed by atoms with Crippen molar-refractivity contribution in [3.8, 4) is 11.3 Å². The summed E-state index contributed by atoms with van der Waals surface area (Å²) in [7, 11) is 1.41. The molecule has 0 saturated carbocycles. The summed E-state index contributed by atoms with van der Waals surface area (Å²) in [5.41, 5.74) is 5.25. The smallest absolute Gasteiger partial charge is 0.337 e. The number of allylic oxidation sites excluding steroid dienone is 1. The normalized spacial score (nSPS) is 12.6. The predicted octanol–water partition coefficient (Wildman–Crippen LogP) is 4.12. The molecular formula is C19H15NO2. The highest BCUT2D eigenvalue weighted by Crippen LogP contribution is 2.33. The highest BCUT2D eigenvalue weighted by molar-refractivity contribution is 5.97. The zero-order valence-corrected chi connectivity index (χ0v) is 12.2. The highest BCUT2D eigenvalue weighted by atomic mass is 16.5. The van der Waals surface area contributed by atoms with Crippen LogP contribution >= 0.6 is 0 Å². The lowest BCUT2D eigenvalue weighted by atomic mass is 10.0. The van der Waals surface area contributed by atoms with E-state index in [2.05, 4.69) is 47.1 Å². The first-order valence-electron chi connectivity index (χ1n) is 7.25. The zero-order chi connectivity index (χ0) is 15.1. The van der Waals surface area contributed by atoms with Crippen molar-refractivity contribution >= 4 is 22.9 Å². The number of hydrogen-bond donors (Lipinski definition) is 0. The minimum absolute atomic E-state index is 0.304. The van der Waals surface area contributed by atoms with Gasteiger partial charge in [-0.15, -0.1) is 0 Å². The van der Waals surface area contributed by atoms with E-state index in [1.54, 1.807) is 0 Å². The first-order valence-corrected chi connectivity index (χ1v) is 7.25. The number of hydrogen-bond acceptors (Lipinski definition) is 2. The number of rotatable bonds is 1. The summed E-state index contributed by atoms with van der Waals surface area (Å²) >= 11 is 0. The van der Waals surface area contributed by atoms with Crippen molar-refractivity contribution in [1.29, 1.82) is 0 Å². The molecule has 2 aromatic carbocycles. The van der Waals surface area contributed by atoms with Crippen LogP contribution in [0.15, 0.2) is 54.6 Å². The van der Waals surface area contributed by atoms with Crippen LogP contribution in [0.25, 0.3) is 28.2 Å². The first-order chi connectivity index (χ1) is 10.8. The lowest BCUT2D eigenvalue weighted by Crippen LogP contribution is -2.02. The van der Waals surface area contributed by atoms with Crippen molar-refractivity contribution in [2.45, 2.75) is 6.54 Å². The first kappa shape index (κ1) is 12.9. The number of carbonyl (C=O) groups excluding carboxylic acids is 1. The summed E-state index contributed by atoms with van der Waals surface area (Å²) < 4.78 is 7.06. The molecule has 2 heterocycles. The molecule has 0 spiro atoms. The fourth-order valence-corrected chi connectivity index (χ4v) is 3.08. The number of nitrogens with zero attached hydrogens (tertiary/aromatic N) is 1. The van der Waals surface area contributed by atoms with Gasteiger partial charge in [-0.05, 0) is 23.8 Å². The van der Waals surface area contributed by atoms with Gasteiger partial charge in [0.2, 0.25) is 0 Å². The van der Waals surface area contributed by atoms with E-state index in [4.69, 9.17) is 4.74 Å². The SMILES string of the molecule is COC(=O)c1ccc2cc3n(c2c1)CC=Cc1ccccc1-3. The van der Waals surface area contributed by atoms with Gasteiger partial charge in [0, 0.05) is 28.7 Å². The molecule has 0 N–H and O–H groups in total. The quantitative estimate of drug-likeness (QED) is 0.631. The minimum Gasteiger partial charge on any atom is -0.465 e. The molecule has 3 nitrogen and oxygen atoms in total. The van der Waals surface area contributed by atoms with Gasteiger partial charge in [0.05, 0.1) is 12.7 Å². The Bertz CT molecular complexity index is 918. The Morgan fingerprint density at radius 3 is 2.86 bits per heavy atom. The molecule has 0 amide bonds. The largest absolute Gasteiger partial charge is 0.465 e. The van der Waals surface area contributed by atoms with Crippen LogP contribution in [-0.4, -0.2) is 17.6 Å². The van der Waals surface area contributed by atoms with Crippen molar-refractivity contribution in [2.75, 3.05) is 7.11 Å². The molecule has 0 fully saturated rings. The second-order valence-electron chi connectivity index (χ2n) is 5.39. The monoisotopic (exact) mass is 289 g/mol. The van der Waals surface area contributed by atoms with Gasteiger partial charge in [-0.25, -0.2) is 4.79 Å². The maximum absolute atomic E-state index is 11.8. The van der Waals surface area contributed by atoms with Crippen LogP contribution in [0.1, 0.15) is 15.9 Å². The molecule has 0 atom stereocenters. The molecule has 108 valence electrons. The lowest BCUT2D eigenvalue weighted by Gasteiger charge is -2.08. The second kappa shape index (κ2) is 4.88. The third-order valence-electron chi connectivity index (χ3n) is 4.15. The average molecular weight is 289 g/mol. The van der Waals surface area contributed by atoms with Crippen molar-refractivity contribution < 1.29 is 9.53 Å². The number of fused-ring (bicyclic) bond motifs is 5. The van der Waals surface area contributed by atoms with Gasteiger partial charge in [0.15, 0.2) is 0 Å². The van der Waals surface area contributed by atoms with E-state index in [1.807, 2.05) is 18.2 Å². The molecule has 1 aromatic heterocycles. The second-order valence-corrected chi connectivity index (χ2v) is 5.39. The van der Waals surface area contributed by atoms with E-state index in [1.165, 1.54) is 23.9 Å². The van der Waals surface area contributed by atoms with Crippen LogP contribution in [0.3, 0.4) is 0 Å². The number of methoxy groups -OCH3 is 1. The Hall–Kier alpha value is -2.81. The fraction of sp³-hybridized carbons (Fsp3) is 0.105. The fourth-order valence-electron chi connectivity index (χ4n) is 3.08. The van der Waals surface area contributed by atoms with E-state index in [9.17, 15) is 4.79 Å². The number of ether oxygens (including phenoxy) is 1. The van der Waals surface area contributed by atoms with Crippen LogP contribution in [0.5, 0.6) is 0 Å². The lowest BCUT2D eigenvalue weighted by molar-refractivity contribution is 0.0601. The third-order valence-corrected chi connectivity index (χ3v) is 4.15. The third kappa shape index (κ3) is 1.86. The Balaban J connectivity index is 1.99. The van der Waals surface area contributed by atoms with E-state index in [0.717, 1.165) is 17.4 Å². The van der Waals surface area contributed by atoms with Gasteiger partial charge in [0.1, 0.15) is 0 Å². The van der Waals surface area contributed by atoms with Gasteiger partial charge in [-0.2, -0.15) is 0 Å². The maximum atomic E-state index is 11.8. The van der Waals surface area contributed by atoms with Crippen LogP contribution in [0.2, 0.25) is 0 Å². The van der Waals surface area contributed by atoms with Crippen molar-refractivity contribution in [2.24, 2.45) is 0 Å². The van der Waals surface area contributed by atoms with Gasteiger partial charge in [-0.1, -0.05) is 42.5 Å². The van der Waals surface area contributed by atoms with Gasteiger partial charge in [0.25, 0.3) is 0 Å². The molecule has 3 aromatic rings. The summed E-state index contributed by atoms with van der Waals surface area (Å²) in [6.07, 6.45) is 4.30. The number of benzene rings is 2. The molecule has 0 unspecified atom stereocenters. The predicted molar refractivity (Wildman–Crippen MR) is 87.7 cm³/mol. The van der Waals surface area contributed by atoms with E-state index < -0.39 is 0 Å². The van der Waals surface area contributed by atoms with E-state index >= 15 is 0 Å². The molecule has 1 aliphatic rings. The highest BCUT2D eigenvalue weighted by Gasteiger charge is 2.16. The Kier molecular flexibility index (Phi) is 2.86. The molecule has 22 heavy (non-hydrogen) atoms. The minimum atomic E-state index is -0.304. The molecule has 1 aliphatic heterocycles. The van der Waals surface area contributed by atoms with Crippen LogP contribution in [0.4, 0.5) is 0 Å². The summed E-state index contributed by atoms with van der Waals surface area (Å²) in [5.74, 6) is -0.304. The molecular weight excluding hydrogens is 274 g/mol. The summed E-state index contributed by atoms with van der Waals surface area (Å²) in [5, 5.41) is 1.13. The molecule has 0 radical (unpaired) electrons. The maximum Gasteiger partial charge on any atom is 0.337 e. The summed E-state index contributed by atoms with van der Waals surface area (Å²) in [4.78, 5) is 11.8. The van der Waals surface area contributed by atoms with Gasteiger partial charge < -0.3 is 9.30 Å². The molecule has 3 heteroatoms. The van der Waals surface area contributed by atoms with Crippen LogP contribution in [0, 0.1) is 0 Å². The summed E-state index contributed by atoms with van der Waals surface area (Å²) in [6, 6.07) is 16.3. The van der Waals surface area contributed by atoms with E-state index in [-0.39, 0.29) is 5.97 Å². The van der Waals surface area contributed by atoms with Crippen molar-refractivity contribution in [1.82, 2.24) is 4.57 Å².